The topological polar surface area (TPSA) is 70.2 Å². The number of rotatable bonds is 4. The second-order valence-electron chi connectivity index (χ2n) is 6.72. The molecule has 2 fully saturated rings. The van der Waals surface area contributed by atoms with E-state index in [0.717, 1.165) is 25.2 Å². The maximum absolute atomic E-state index is 13.0. The van der Waals surface area contributed by atoms with Gasteiger partial charge in [-0.25, -0.2) is 8.42 Å². The molecule has 26 heavy (non-hydrogen) atoms. The summed E-state index contributed by atoms with van der Waals surface area (Å²) < 4.78 is 32.8. The van der Waals surface area contributed by atoms with Gasteiger partial charge in [-0.3, -0.25) is 4.79 Å². The molecule has 0 atom stereocenters. The second-order valence-corrected chi connectivity index (χ2v) is 8.66. The number of sulfonamides is 1. The Balaban J connectivity index is 1.83. The van der Waals surface area contributed by atoms with Gasteiger partial charge >= 0.3 is 0 Å². The van der Waals surface area contributed by atoms with Gasteiger partial charge in [0.2, 0.25) is 10.0 Å². The predicted octanol–water partition coefficient (Wildman–Crippen LogP) is 0.794. The second kappa shape index (κ2) is 8.04. The van der Waals surface area contributed by atoms with Crippen molar-refractivity contribution in [1.82, 2.24) is 14.1 Å². The molecule has 2 saturated heterocycles. The maximum atomic E-state index is 13.0. The molecule has 2 aliphatic rings. The number of likely N-dealkylation sites (N-methyl/N-ethyl adjacent to an activating group) is 1. The summed E-state index contributed by atoms with van der Waals surface area (Å²) in [6.45, 7) is 9.39. The van der Waals surface area contributed by atoms with E-state index in [1.54, 1.807) is 17.0 Å². The van der Waals surface area contributed by atoms with Crippen LogP contribution in [0.2, 0.25) is 0 Å². The van der Waals surface area contributed by atoms with Gasteiger partial charge in [-0.2, -0.15) is 4.31 Å². The minimum atomic E-state index is -3.59. The fourth-order valence-electron chi connectivity index (χ4n) is 3.36. The minimum Gasteiger partial charge on any atom is -0.378 e. The molecule has 2 heterocycles. The number of carbonyl (C=O) groups is 1. The van der Waals surface area contributed by atoms with Crippen LogP contribution in [0.15, 0.2) is 23.1 Å². The zero-order chi connectivity index (χ0) is 18.7. The zero-order valence-corrected chi connectivity index (χ0v) is 16.3. The molecule has 0 aromatic heterocycles. The highest BCUT2D eigenvalue weighted by Crippen LogP contribution is 2.22. The highest BCUT2D eigenvalue weighted by Gasteiger charge is 2.29. The molecule has 144 valence electrons. The van der Waals surface area contributed by atoms with Crippen molar-refractivity contribution in [3.8, 4) is 0 Å². The lowest BCUT2D eigenvalue weighted by Gasteiger charge is -2.33. The predicted molar refractivity (Wildman–Crippen MR) is 98.8 cm³/mol. The molecule has 7 nitrogen and oxygen atoms in total. The fourth-order valence-corrected chi connectivity index (χ4v) is 4.81. The van der Waals surface area contributed by atoms with E-state index in [9.17, 15) is 13.2 Å². The first-order chi connectivity index (χ1) is 12.4. The van der Waals surface area contributed by atoms with E-state index in [2.05, 4.69) is 11.8 Å². The summed E-state index contributed by atoms with van der Waals surface area (Å²) in [5.74, 6) is -0.126. The van der Waals surface area contributed by atoms with Crippen LogP contribution in [0.5, 0.6) is 0 Å². The molecule has 8 heteroatoms. The molecule has 1 aromatic rings. The first-order valence-corrected chi connectivity index (χ1v) is 10.6. The van der Waals surface area contributed by atoms with Crippen LogP contribution in [0.1, 0.15) is 22.8 Å². The van der Waals surface area contributed by atoms with Gasteiger partial charge in [0.15, 0.2) is 0 Å². The molecule has 1 aromatic carbocycles. The van der Waals surface area contributed by atoms with Crippen molar-refractivity contribution in [3.05, 3.63) is 29.3 Å². The quantitative estimate of drug-likeness (QED) is 0.771. The van der Waals surface area contributed by atoms with E-state index in [4.69, 9.17) is 4.74 Å². The molecule has 0 unspecified atom stereocenters. The molecule has 0 N–H and O–H groups in total. The Kier molecular flexibility index (Phi) is 5.96. The van der Waals surface area contributed by atoms with Crippen LogP contribution < -0.4 is 0 Å². The van der Waals surface area contributed by atoms with Gasteiger partial charge in [-0.1, -0.05) is 13.0 Å². The fraction of sp³-hybridized carbons (Fsp3) is 0.611. The first kappa shape index (κ1) is 19.3. The van der Waals surface area contributed by atoms with Crippen LogP contribution in [0.25, 0.3) is 0 Å². The SMILES string of the molecule is CCN1CCN(S(=O)(=O)c2ccc(C)c(C(=O)N3CCOCC3)c2)CC1. The van der Waals surface area contributed by atoms with Crippen molar-refractivity contribution in [3.63, 3.8) is 0 Å². The number of ether oxygens (including phenoxy) is 1. The Morgan fingerprint density at radius 2 is 1.73 bits per heavy atom. The van der Waals surface area contributed by atoms with E-state index in [-0.39, 0.29) is 10.8 Å². The molecule has 0 bridgehead atoms. The number of piperazine rings is 1. The summed E-state index contributed by atoms with van der Waals surface area (Å²) in [5, 5.41) is 0. The van der Waals surface area contributed by atoms with Crippen LogP contribution >= 0.6 is 0 Å². The molecular weight excluding hydrogens is 354 g/mol. The highest BCUT2D eigenvalue weighted by atomic mass is 32.2. The minimum absolute atomic E-state index is 0.126. The van der Waals surface area contributed by atoms with Gasteiger partial charge < -0.3 is 14.5 Å². The van der Waals surface area contributed by atoms with E-state index in [1.165, 1.54) is 10.4 Å². The van der Waals surface area contributed by atoms with E-state index >= 15 is 0 Å². The number of benzene rings is 1. The van der Waals surface area contributed by atoms with Gasteiger partial charge in [0.25, 0.3) is 5.91 Å². The van der Waals surface area contributed by atoms with Crippen molar-refractivity contribution in [2.45, 2.75) is 18.7 Å². The van der Waals surface area contributed by atoms with Crippen LogP contribution in [0, 0.1) is 6.92 Å². The number of amides is 1. The van der Waals surface area contributed by atoms with E-state index < -0.39 is 10.0 Å². The van der Waals surface area contributed by atoms with Crippen molar-refractivity contribution >= 4 is 15.9 Å². The van der Waals surface area contributed by atoms with Crippen molar-refractivity contribution in [2.24, 2.45) is 0 Å². The monoisotopic (exact) mass is 381 g/mol. The molecule has 1 amide bonds. The number of hydrogen-bond acceptors (Lipinski definition) is 5. The van der Waals surface area contributed by atoms with Crippen molar-refractivity contribution < 1.29 is 17.9 Å². The number of aryl methyl sites for hydroxylation is 1. The van der Waals surface area contributed by atoms with Gasteiger partial charge in [-0.15, -0.1) is 0 Å². The molecule has 3 rings (SSSR count). The standard InChI is InChI=1S/C18H27N3O4S/c1-3-19-6-8-21(9-7-19)26(23,24)16-5-4-15(2)17(14-16)18(22)20-10-12-25-13-11-20/h4-5,14H,3,6-13H2,1-2H3. The molecule has 0 radical (unpaired) electrons. The third kappa shape index (κ3) is 3.93. The largest absolute Gasteiger partial charge is 0.378 e. The maximum Gasteiger partial charge on any atom is 0.254 e. The van der Waals surface area contributed by atoms with E-state index in [1.807, 2.05) is 6.92 Å². The van der Waals surface area contributed by atoms with Crippen LogP contribution in [0.3, 0.4) is 0 Å². The summed E-state index contributed by atoms with van der Waals surface area (Å²) >= 11 is 0. The molecule has 2 aliphatic heterocycles. The normalized spacial score (nSPS) is 20.3. The average molecular weight is 381 g/mol. The smallest absolute Gasteiger partial charge is 0.254 e. The lowest BCUT2D eigenvalue weighted by Crippen LogP contribution is -2.48. The Hall–Kier alpha value is -1.48. The first-order valence-electron chi connectivity index (χ1n) is 9.13. The van der Waals surface area contributed by atoms with Crippen molar-refractivity contribution in [1.29, 1.82) is 0 Å². The van der Waals surface area contributed by atoms with Crippen LogP contribution in [-0.4, -0.2) is 87.5 Å². The molecule has 0 spiro atoms. The van der Waals surface area contributed by atoms with Gasteiger partial charge in [0, 0.05) is 44.8 Å². The lowest BCUT2D eigenvalue weighted by molar-refractivity contribution is 0.0302. The Morgan fingerprint density at radius 3 is 2.35 bits per heavy atom. The van der Waals surface area contributed by atoms with Crippen molar-refractivity contribution in [2.75, 3.05) is 59.0 Å². The van der Waals surface area contributed by atoms with Gasteiger partial charge in [0.1, 0.15) is 0 Å². The van der Waals surface area contributed by atoms with Gasteiger partial charge in [-0.05, 0) is 31.2 Å². The molecular formula is C18H27N3O4S. The summed E-state index contributed by atoms with van der Waals surface area (Å²) in [5.41, 5.74) is 1.25. The molecule has 0 aliphatic carbocycles. The van der Waals surface area contributed by atoms with Crippen LogP contribution in [0.4, 0.5) is 0 Å². The Bertz CT molecular complexity index is 752. The summed E-state index contributed by atoms with van der Waals surface area (Å²) in [4.78, 5) is 17.0. The number of carbonyl (C=O) groups excluding carboxylic acids is 1. The third-order valence-electron chi connectivity index (χ3n) is 5.15. The highest BCUT2D eigenvalue weighted by molar-refractivity contribution is 7.89. The number of nitrogens with zero attached hydrogens (tertiary/aromatic N) is 3. The summed E-state index contributed by atoms with van der Waals surface area (Å²) in [6, 6.07) is 4.87. The average Bonchev–Trinajstić information content (AvgIpc) is 2.68. The number of hydrogen-bond donors (Lipinski definition) is 0. The van der Waals surface area contributed by atoms with Crippen LogP contribution in [-0.2, 0) is 14.8 Å². The Morgan fingerprint density at radius 1 is 1.08 bits per heavy atom. The van der Waals surface area contributed by atoms with E-state index in [0.29, 0.717) is 45.0 Å². The summed E-state index contributed by atoms with van der Waals surface area (Å²) in [6.07, 6.45) is 0. The third-order valence-corrected chi connectivity index (χ3v) is 7.05. The Labute approximate surface area is 155 Å². The van der Waals surface area contributed by atoms with Gasteiger partial charge in [0.05, 0.1) is 18.1 Å². The number of morpholine rings is 1. The zero-order valence-electron chi connectivity index (χ0n) is 15.5. The lowest BCUT2D eigenvalue weighted by atomic mass is 10.1. The molecule has 0 saturated carbocycles. The summed E-state index contributed by atoms with van der Waals surface area (Å²) in [7, 11) is -3.59.